The minimum atomic E-state index is -0.262. The van der Waals surface area contributed by atoms with Crippen molar-refractivity contribution < 1.29 is 14.4 Å². The van der Waals surface area contributed by atoms with E-state index < -0.39 is 0 Å². The second-order valence-corrected chi connectivity index (χ2v) is 6.76. The second-order valence-electron chi connectivity index (χ2n) is 6.76. The van der Waals surface area contributed by atoms with Crippen molar-refractivity contribution in [2.45, 2.75) is 27.2 Å². The van der Waals surface area contributed by atoms with Gasteiger partial charge in [0, 0.05) is 25.2 Å². The lowest BCUT2D eigenvalue weighted by Gasteiger charge is -2.16. The Labute approximate surface area is 172 Å². The number of quaternary nitrogens is 1. The van der Waals surface area contributed by atoms with Crippen LogP contribution in [0.4, 0.5) is 0 Å². The van der Waals surface area contributed by atoms with Crippen molar-refractivity contribution in [2.24, 2.45) is 0 Å². The molecule has 1 aromatic heterocycles. The Balaban J connectivity index is 2.18. The first-order chi connectivity index (χ1) is 14.1. The van der Waals surface area contributed by atoms with Crippen LogP contribution in [0.3, 0.4) is 0 Å². The van der Waals surface area contributed by atoms with Gasteiger partial charge in [-0.25, -0.2) is 0 Å². The average Bonchev–Trinajstić information content (AvgIpc) is 2.74. The van der Waals surface area contributed by atoms with Gasteiger partial charge in [0.25, 0.3) is 11.5 Å². The van der Waals surface area contributed by atoms with Gasteiger partial charge >= 0.3 is 0 Å². The van der Waals surface area contributed by atoms with Crippen LogP contribution in [-0.2, 0) is 4.79 Å². The van der Waals surface area contributed by atoms with Gasteiger partial charge < -0.3 is 15.0 Å². The summed E-state index contributed by atoms with van der Waals surface area (Å²) in [5.74, 6) is 0.508. The van der Waals surface area contributed by atoms with E-state index in [1.165, 1.54) is 15.5 Å². The Bertz CT molecular complexity index is 852. The number of carbonyl (C=O) groups is 1. The van der Waals surface area contributed by atoms with Crippen molar-refractivity contribution in [1.29, 1.82) is 0 Å². The maximum atomic E-state index is 12.9. The number of nitrogens with one attached hydrogen (secondary N) is 2. The molecule has 0 radical (unpaired) electrons. The highest BCUT2D eigenvalue weighted by molar-refractivity contribution is 6.18. The maximum Gasteiger partial charge on any atom is 0.268 e. The molecule has 6 nitrogen and oxygen atoms in total. The van der Waals surface area contributed by atoms with Gasteiger partial charge in [0.1, 0.15) is 11.4 Å². The van der Waals surface area contributed by atoms with E-state index in [4.69, 9.17) is 4.74 Å². The summed E-state index contributed by atoms with van der Waals surface area (Å²) in [7, 11) is 0. The molecule has 0 spiro atoms. The summed E-state index contributed by atoms with van der Waals surface area (Å²) in [6.07, 6.45) is 4.23. The fourth-order valence-electron chi connectivity index (χ4n) is 3.09. The number of rotatable bonds is 11. The van der Waals surface area contributed by atoms with Crippen molar-refractivity contribution in [2.75, 3.05) is 32.8 Å². The van der Waals surface area contributed by atoms with Crippen LogP contribution in [0.25, 0.3) is 11.8 Å². The smallest absolute Gasteiger partial charge is 0.268 e. The van der Waals surface area contributed by atoms with Crippen molar-refractivity contribution in [3.63, 3.8) is 0 Å². The highest BCUT2D eigenvalue weighted by Gasteiger charge is 2.13. The van der Waals surface area contributed by atoms with Gasteiger partial charge in [-0.3, -0.25) is 14.2 Å². The molecule has 0 aliphatic rings. The molecule has 0 saturated carbocycles. The fourth-order valence-corrected chi connectivity index (χ4v) is 3.09. The molecule has 1 aromatic carbocycles. The molecule has 2 aromatic rings. The number of carbonyl (C=O) groups excluding carboxylic acids is 1. The van der Waals surface area contributed by atoms with Gasteiger partial charge in [-0.05, 0) is 50.6 Å². The van der Waals surface area contributed by atoms with Crippen molar-refractivity contribution in [1.82, 2.24) is 9.88 Å². The lowest BCUT2D eigenvalue weighted by molar-refractivity contribution is -0.896. The van der Waals surface area contributed by atoms with E-state index in [2.05, 4.69) is 19.2 Å². The van der Waals surface area contributed by atoms with Gasteiger partial charge in [0.2, 0.25) is 0 Å². The normalized spacial score (nSPS) is 11.5. The van der Waals surface area contributed by atoms with Crippen LogP contribution in [-0.4, -0.2) is 43.3 Å². The molecule has 1 heterocycles. The SMILES string of the molecule is CCOc1ccc(/C=C(\C(=O)NCCC[NH+](CC)CC)n2ccccc2=O)cc1. The third-order valence-electron chi connectivity index (χ3n) is 4.80. The molecule has 0 bridgehead atoms. The molecule has 6 heteroatoms. The standard InChI is InChI=1S/C23H31N3O3/c1-4-25(5-2)16-9-15-24-23(28)21(26-17-8-7-10-22(26)27)18-19-11-13-20(14-12-19)29-6-3/h7-8,10-14,17-18H,4-6,9,15-16H2,1-3H3,(H,24,28)/p+1/b21-18+. The third-order valence-corrected chi connectivity index (χ3v) is 4.80. The Hall–Kier alpha value is -2.86. The van der Waals surface area contributed by atoms with Crippen molar-refractivity contribution in [3.05, 3.63) is 64.6 Å². The minimum Gasteiger partial charge on any atom is -0.494 e. The van der Waals surface area contributed by atoms with Gasteiger partial charge in [0.15, 0.2) is 0 Å². The van der Waals surface area contributed by atoms with E-state index in [0.29, 0.717) is 18.8 Å². The fraction of sp³-hybridized carbons (Fsp3) is 0.391. The second kappa shape index (κ2) is 11.9. The zero-order valence-corrected chi connectivity index (χ0v) is 17.6. The topological polar surface area (TPSA) is 64.8 Å². The number of pyridine rings is 1. The van der Waals surface area contributed by atoms with Crippen LogP contribution in [0.15, 0.2) is 53.5 Å². The number of aromatic nitrogens is 1. The van der Waals surface area contributed by atoms with Crippen molar-refractivity contribution in [3.8, 4) is 5.75 Å². The predicted molar refractivity (Wildman–Crippen MR) is 117 cm³/mol. The van der Waals surface area contributed by atoms with E-state index in [9.17, 15) is 9.59 Å². The third kappa shape index (κ3) is 6.91. The summed E-state index contributed by atoms with van der Waals surface area (Å²) in [4.78, 5) is 26.7. The van der Waals surface area contributed by atoms with Gasteiger partial charge in [-0.1, -0.05) is 18.2 Å². The lowest BCUT2D eigenvalue weighted by Crippen LogP contribution is -3.11. The van der Waals surface area contributed by atoms with Gasteiger partial charge in [-0.15, -0.1) is 0 Å². The van der Waals surface area contributed by atoms with E-state index in [1.807, 2.05) is 31.2 Å². The Morgan fingerprint density at radius 3 is 2.45 bits per heavy atom. The lowest BCUT2D eigenvalue weighted by atomic mass is 10.1. The van der Waals surface area contributed by atoms with Crippen molar-refractivity contribution >= 4 is 17.7 Å². The molecule has 2 rings (SSSR count). The summed E-state index contributed by atoms with van der Waals surface area (Å²) in [6.45, 7) is 10.6. The van der Waals surface area contributed by atoms with E-state index >= 15 is 0 Å². The van der Waals surface area contributed by atoms with Crippen LogP contribution >= 0.6 is 0 Å². The number of amides is 1. The summed E-state index contributed by atoms with van der Waals surface area (Å²) in [5.41, 5.74) is 0.879. The molecule has 29 heavy (non-hydrogen) atoms. The van der Waals surface area contributed by atoms with Crippen LogP contribution < -0.4 is 20.5 Å². The molecule has 2 N–H and O–H groups in total. The molecule has 0 aliphatic heterocycles. The molecule has 0 unspecified atom stereocenters. The first-order valence-electron chi connectivity index (χ1n) is 10.3. The van der Waals surface area contributed by atoms with Crippen LogP contribution in [0.2, 0.25) is 0 Å². The number of hydrogen-bond acceptors (Lipinski definition) is 3. The van der Waals surface area contributed by atoms with E-state index in [-0.39, 0.29) is 11.5 Å². The summed E-state index contributed by atoms with van der Waals surface area (Å²) in [5, 5.41) is 2.96. The number of nitrogens with zero attached hydrogens (tertiary/aromatic N) is 1. The monoisotopic (exact) mass is 398 g/mol. The highest BCUT2D eigenvalue weighted by atomic mass is 16.5. The molecule has 0 fully saturated rings. The van der Waals surface area contributed by atoms with E-state index in [1.54, 1.807) is 24.4 Å². The Morgan fingerprint density at radius 1 is 1.10 bits per heavy atom. The molecule has 1 amide bonds. The first kappa shape index (κ1) is 22.4. The predicted octanol–water partition coefficient (Wildman–Crippen LogP) is 1.68. The van der Waals surface area contributed by atoms with Gasteiger partial charge in [0.05, 0.1) is 26.2 Å². The Kier molecular flexibility index (Phi) is 9.18. The van der Waals surface area contributed by atoms with Crippen LogP contribution in [0.1, 0.15) is 32.8 Å². The zero-order valence-electron chi connectivity index (χ0n) is 17.6. The summed E-state index contributed by atoms with van der Waals surface area (Å²) >= 11 is 0. The Morgan fingerprint density at radius 2 is 1.83 bits per heavy atom. The van der Waals surface area contributed by atoms with Crippen LogP contribution in [0.5, 0.6) is 5.75 Å². The first-order valence-corrected chi connectivity index (χ1v) is 10.3. The average molecular weight is 399 g/mol. The molecule has 0 aliphatic carbocycles. The molecule has 156 valence electrons. The maximum absolute atomic E-state index is 12.9. The molecule has 0 saturated heterocycles. The molecular weight excluding hydrogens is 366 g/mol. The largest absolute Gasteiger partial charge is 0.494 e. The molecular formula is C23H32N3O3+. The van der Waals surface area contributed by atoms with Gasteiger partial charge in [-0.2, -0.15) is 0 Å². The number of hydrogen-bond donors (Lipinski definition) is 2. The molecule has 0 atom stereocenters. The van der Waals surface area contributed by atoms with Crippen LogP contribution in [0, 0.1) is 0 Å². The summed E-state index contributed by atoms with van der Waals surface area (Å²) in [6, 6.07) is 12.3. The zero-order chi connectivity index (χ0) is 21.1. The quantitative estimate of drug-likeness (QED) is 0.447. The summed E-state index contributed by atoms with van der Waals surface area (Å²) < 4.78 is 6.84. The highest BCUT2D eigenvalue weighted by Crippen LogP contribution is 2.16. The number of ether oxygens (including phenoxy) is 1. The minimum absolute atomic E-state index is 0.243. The number of benzene rings is 1. The van der Waals surface area contributed by atoms with E-state index in [0.717, 1.165) is 37.4 Å².